The van der Waals surface area contributed by atoms with Crippen molar-refractivity contribution in [3.05, 3.63) is 35.0 Å². The number of nitrogens with zero attached hydrogens (tertiary/aromatic N) is 1. The Labute approximate surface area is 111 Å². The summed E-state index contributed by atoms with van der Waals surface area (Å²) in [5.74, 6) is -1.36. The van der Waals surface area contributed by atoms with Crippen LogP contribution in [0.4, 0.5) is 0 Å². The standard InChI is InChI=1S/C14H16ClNO2/c1-8(2)16-7-11(9(3)14(17)18)10-5-4-6-12(15)13(10)16/h4-9H,1-3H3,(H,17,18). The first-order chi connectivity index (χ1) is 8.43. The molecule has 1 aromatic heterocycles. The summed E-state index contributed by atoms with van der Waals surface area (Å²) in [4.78, 5) is 11.2. The highest BCUT2D eigenvalue weighted by Gasteiger charge is 2.21. The van der Waals surface area contributed by atoms with E-state index in [1.54, 1.807) is 6.92 Å². The fourth-order valence-electron chi connectivity index (χ4n) is 2.18. The molecule has 2 rings (SSSR count). The predicted molar refractivity (Wildman–Crippen MR) is 73.4 cm³/mol. The van der Waals surface area contributed by atoms with Crippen LogP contribution in [0.1, 0.15) is 38.3 Å². The van der Waals surface area contributed by atoms with Crippen molar-refractivity contribution in [1.82, 2.24) is 4.57 Å². The quantitative estimate of drug-likeness (QED) is 0.909. The number of aliphatic carboxylic acids is 1. The molecule has 0 radical (unpaired) electrons. The number of fused-ring (bicyclic) bond motifs is 1. The summed E-state index contributed by atoms with van der Waals surface area (Å²) < 4.78 is 2.03. The zero-order valence-electron chi connectivity index (χ0n) is 10.6. The molecule has 0 spiro atoms. The highest BCUT2D eigenvalue weighted by Crippen LogP contribution is 2.34. The molecule has 0 amide bonds. The molecule has 0 aliphatic rings. The molecule has 18 heavy (non-hydrogen) atoms. The van der Waals surface area contributed by atoms with E-state index < -0.39 is 11.9 Å². The van der Waals surface area contributed by atoms with Crippen LogP contribution >= 0.6 is 11.6 Å². The van der Waals surface area contributed by atoms with Gasteiger partial charge >= 0.3 is 5.97 Å². The van der Waals surface area contributed by atoms with Crippen molar-refractivity contribution in [3.63, 3.8) is 0 Å². The summed E-state index contributed by atoms with van der Waals surface area (Å²) in [5, 5.41) is 10.7. The lowest BCUT2D eigenvalue weighted by atomic mass is 10.0. The molecule has 1 unspecified atom stereocenters. The maximum atomic E-state index is 11.2. The third kappa shape index (κ3) is 1.99. The van der Waals surface area contributed by atoms with Crippen molar-refractivity contribution in [2.75, 3.05) is 0 Å². The van der Waals surface area contributed by atoms with Gasteiger partial charge in [-0.25, -0.2) is 0 Å². The second kappa shape index (κ2) is 4.65. The smallest absolute Gasteiger partial charge is 0.310 e. The Hall–Kier alpha value is -1.48. The van der Waals surface area contributed by atoms with Crippen molar-refractivity contribution in [2.24, 2.45) is 0 Å². The van der Waals surface area contributed by atoms with Gasteiger partial charge in [0.05, 0.1) is 16.5 Å². The highest BCUT2D eigenvalue weighted by atomic mass is 35.5. The molecule has 1 heterocycles. The molecule has 0 aliphatic heterocycles. The maximum Gasteiger partial charge on any atom is 0.310 e. The molecule has 0 bridgehead atoms. The molecule has 1 aromatic carbocycles. The van der Waals surface area contributed by atoms with Crippen molar-refractivity contribution in [1.29, 1.82) is 0 Å². The van der Waals surface area contributed by atoms with E-state index >= 15 is 0 Å². The second-order valence-corrected chi connectivity index (χ2v) is 5.19. The molecule has 0 saturated heterocycles. The number of rotatable bonds is 3. The number of aromatic nitrogens is 1. The minimum Gasteiger partial charge on any atom is -0.481 e. The number of carbonyl (C=O) groups is 1. The van der Waals surface area contributed by atoms with E-state index in [1.807, 2.05) is 29.0 Å². The monoisotopic (exact) mass is 265 g/mol. The molecule has 3 nitrogen and oxygen atoms in total. The summed E-state index contributed by atoms with van der Waals surface area (Å²) in [6, 6.07) is 5.85. The molecule has 0 fully saturated rings. The Morgan fingerprint density at radius 1 is 1.33 bits per heavy atom. The third-order valence-corrected chi connectivity index (χ3v) is 3.53. The van der Waals surface area contributed by atoms with Gasteiger partial charge in [0.1, 0.15) is 0 Å². The van der Waals surface area contributed by atoms with Gasteiger partial charge < -0.3 is 9.67 Å². The van der Waals surface area contributed by atoms with Crippen molar-refractivity contribution >= 4 is 28.5 Å². The average molecular weight is 266 g/mol. The first-order valence-electron chi connectivity index (χ1n) is 5.95. The topological polar surface area (TPSA) is 42.2 Å². The van der Waals surface area contributed by atoms with E-state index in [2.05, 4.69) is 13.8 Å². The second-order valence-electron chi connectivity index (χ2n) is 4.78. The van der Waals surface area contributed by atoms with E-state index in [9.17, 15) is 4.79 Å². The van der Waals surface area contributed by atoms with Crippen LogP contribution in [-0.4, -0.2) is 15.6 Å². The molecule has 1 N–H and O–H groups in total. The van der Waals surface area contributed by atoms with Crippen LogP contribution in [0.15, 0.2) is 24.4 Å². The van der Waals surface area contributed by atoms with Gasteiger partial charge in [-0.3, -0.25) is 4.79 Å². The lowest BCUT2D eigenvalue weighted by molar-refractivity contribution is -0.138. The Kier molecular flexibility index (Phi) is 3.35. The summed E-state index contributed by atoms with van der Waals surface area (Å²) in [5.41, 5.74) is 1.73. The van der Waals surface area contributed by atoms with Gasteiger partial charge in [-0.15, -0.1) is 0 Å². The lowest BCUT2D eigenvalue weighted by Crippen LogP contribution is -2.07. The summed E-state index contributed by atoms with van der Waals surface area (Å²) in [6.45, 7) is 5.80. The molecular formula is C14H16ClNO2. The van der Waals surface area contributed by atoms with E-state index in [1.165, 1.54) is 0 Å². The van der Waals surface area contributed by atoms with E-state index in [4.69, 9.17) is 16.7 Å². The predicted octanol–water partition coefficient (Wildman–Crippen LogP) is 4.06. The number of carboxylic acid groups (broad SMARTS) is 1. The lowest BCUT2D eigenvalue weighted by Gasteiger charge is -2.09. The first-order valence-corrected chi connectivity index (χ1v) is 6.33. The highest BCUT2D eigenvalue weighted by molar-refractivity contribution is 6.35. The summed E-state index contributed by atoms with van der Waals surface area (Å²) >= 11 is 6.24. The number of hydrogen-bond donors (Lipinski definition) is 1. The third-order valence-electron chi connectivity index (χ3n) is 3.23. The van der Waals surface area contributed by atoms with Crippen LogP contribution in [0.25, 0.3) is 10.9 Å². The Morgan fingerprint density at radius 3 is 2.56 bits per heavy atom. The van der Waals surface area contributed by atoms with E-state index in [0.29, 0.717) is 5.02 Å². The van der Waals surface area contributed by atoms with Crippen molar-refractivity contribution in [2.45, 2.75) is 32.7 Å². The van der Waals surface area contributed by atoms with E-state index in [0.717, 1.165) is 16.5 Å². The fourth-order valence-corrected chi connectivity index (χ4v) is 2.45. The van der Waals surface area contributed by atoms with Gasteiger partial charge in [0.25, 0.3) is 0 Å². The minimum atomic E-state index is -0.821. The number of para-hydroxylation sites is 1. The molecule has 0 aliphatic carbocycles. The zero-order valence-corrected chi connectivity index (χ0v) is 11.4. The molecular weight excluding hydrogens is 250 g/mol. The molecule has 2 aromatic rings. The number of halogens is 1. The fraction of sp³-hybridized carbons (Fsp3) is 0.357. The SMILES string of the molecule is CC(C(=O)O)c1cn(C(C)C)c2c(Cl)cccc12. The molecule has 96 valence electrons. The van der Waals surface area contributed by atoms with Gasteiger partial charge in [-0.2, -0.15) is 0 Å². The number of carboxylic acids is 1. The van der Waals surface area contributed by atoms with Crippen LogP contribution in [0, 0.1) is 0 Å². The normalized spacial score (nSPS) is 13.2. The van der Waals surface area contributed by atoms with Gasteiger partial charge in [0.2, 0.25) is 0 Å². The Balaban J connectivity index is 2.77. The Bertz CT molecular complexity index is 601. The average Bonchev–Trinajstić information content (AvgIpc) is 2.69. The largest absolute Gasteiger partial charge is 0.481 e. The van der Waals surface area contributed by atoms with Gasteiger partial charge in [0.15, 0.2) is 0 Å². The van der Waals surface area contributed by atoms with Gasteiger partial charge in [-0.05, 0) is 32.4 Å². The van der Waals surface area contributed by atoms with Gasteiger partial charge in [-0.1, -0.05) is 23.7 Å². The van der Waals surface area contributed by atoms with Crippen LogP contribution in [0.2, 0.25) is 5.02 Å². The van der Waals surface area contributed by atoms with Crippen LogP contribution < -0.4 is 0 Å². The number of benzene rings is 1. The zero-order chi connectivity index (χ0) is 13.4. The van der Waals surface area contributed by atoms with Crippen LogP contribution in [-0.2, 0) is 4.79 Å². The first kappa shape index (κ1) is 13.0. The van der Waals surface area contributed by atoms with Crippen LogP contribution in [0.3, 0.4) is 0 Å². The summed E-state index contributed by atoms with van der Waals surface area (Å²) in [6.07, 6.45) is 1.90. The minimum absolute atomic E-state index is 0.238. The Morgan fingerprint density at radius 2 is 2.00 bits per heavy atom. The molecule has 4 heteroatoms. The molecule has 0 saturated carbocycles. The van der Waals surface area contributed by atoms with Crippen molar-refractivity contribution < 1.29 is 9.90 Å². The number of hydrogen-bond acceptors (Lipinski definition) is 1. The van der Waals surface area contributed by atoms with Crippen LogP contribution in [0.5, 0.6) is 0 Å². The maximum absolute atomic E-state index is 11.2. The van der Waals surface area contributed by atoms with Gasteiger partial charge in [0, 0.05) is 17.6 Å². The summed E-state index contributed by atoms with van der Waals surface area (Å²) in [7, 11) is 0. The molecule has 1 atom stereocenters. The van der Waals surface area contributed by atoms with E-state index in [-0.39, 0.29) is 6.04 Å². The van der Waals surface area contributed by atoms with Crippen molar-refractivity contribution in [3.8, 4) is 0 Å².